The fraction of sp³-hybridized carbons (Fsp3) is 0.438. The number of hydrogen-bond acceptors (Lipinski definition) is 8. The number of imide groups is 1. The van der Waals surface area contributed by atoms with Crippen LogP contribution in [0.15, 0.2) is 44.8 Å². The van der Waals surface area contributed by atoms with Crippen molar-refractivity contribution >= 4 is 52.5 Å². The lowest BCUT2D eigenvalue weighted by atomic mass is 9.97. The van der Waals surface area contributed by atoms with E-state index in [-0.39, 0.29) is 44.9 Å². The van der Waals surface area contributed by atoms with Crippen LogP contribution in [0.3, 0.4) is 0 Å². The lowest BCUT2D eigenvalue weighted by Gasteiger charge is -2.18. The van der Waals surface area contributed by atoms with E-state index < -0.39 is 23.6 Å². The molecule has 2 heterocycles. The summed E-state index contributed by atoms with van der Waals surface area (Å²) in [5.41, 5.74) is 0.290. The predicted octanol–water partition coefficient (Wildman–Crippen LogP) is 8.79. The third-order valence-corrected chi connectivity index (χ3v) is 7.74. The molecule has 0 atom stereocenters. The van der Waals surface area contributed by atoms with Crippen molar-refractivity contribution in [2.45, 2.75) is 91.8 Å². The van der Waals surface area contributed by atoms with Crippen LogP contribution in [0.4, 0.5) is 14.9 Å². The van der Waals surface area contributed by atoms with Gasteiger partial charge >= 0.3 is 17.8 Å². The van der Waals surface area contributed by atoms with E-state index >= 15 is 0 Å². The number of rotatable bonds is 6. The second-order valence-electron chi connectivity index (χ2n) is 12.3. The number of cyclic esters (lactones) is 1. The van der Waals surface area contributed by atoms with Gasteiger partial charge in [0.1, 0.15) is 17.3 Å². The van der Waals surface area contributed by atoms with Crippen LogP contribution in [-0.2, 0) is 14.9 Å². The van der Waals surface area contributed by atoms with Crippen molar-refractivity contribution in [2.75, 3.05) is 4.90 Å². The fourth-order valence-electron chi connectivity index (χ4n) is 4.61. The smallest absolute Gasteiger partial charge is 0.442 e. The highest BCUT2D eigenvalue weighted by molar-refractivity contribution is 6.36. The Morgan fingerprint density at radius 3 is 2.11 bits per heavy atom. The Hall–Kier alpha value is -3.54. The molecule has 3 aromatic rings. The van der Waals surface area contributed by atoms with Gasteiger partial charge in [0.25, 0.3) is 0 Å². The van der Waals surface area contributed by atoms with Gasteiger partial charge in [-0.25, -0.2) is 18.9 Å². The zero-order valence-corrected chi connectivity index (χ0v) is 28.8. The van der Waals surface area contributed by atoms with Crippen LogP contribution in [-0.4, -0.2) is 34.0 Å². The van der Waals surface area contributed by atoms with E-state index in [9.17, 15) is 18.8 Å². The number of halogens is 4. The van der Waals surface area contributed by atoms with E-state index in [4.69, 9.17) is 53.4 Å². The monoisotopic (exact) mass is 697 g/mol. The number of carbonyl (C=O) groups is 2. The van der Waals surface area contributed by atoms with Crippen LogP contribution in [0.2, 0.25) is 15.1 Å². The lowest BCUT2D eigenvalue weighted by molar-refractivity contribution is -0.114. The Bertz CT molecular complexity index is 1730. The molecule has 1 aliphatic carbocycles. The van der Waals surface area contributed by atoms with Crippen molar-refractivity contribution in [3.63, 3.8) is 0 Å². The Labute approximate surface area is 280 Å². The Kier molecular flexibility index (Phi) is 10.8. The first-order valence-corrected chi connectivity index (χ1v) is 15.8. The van der Waals surface area contributed by atoms with Gasteiger partial charge < -0.3 is 18.6 Å². The largest absolute Gasteiger partial charge is 0.489 e. The topological polar surface area (TPSA) is 113 Å². The minimum Gasteiger partial charge on any atom is -0.489 e. The number of nitrogens with zero attached hydrogens (tertiary/aromatic N) is 3. The summed E-state index contributed by atoms with van der Waals surface area (Å²) in [6, 6.07) is 5.43. The summed E-state index contributed by atoms with van der Waals surface area (Å²) in [4.78, 5) is 37.1. The molecule has 1 aliphatic heterocycles. The maximum absolute atomic E-state index is 14.3. The Morgan fingerprint density at radius 1 is 0.957 bits per heavy atom. The van der Waals surface area contributed by atoms with E-state index in [1.54, 1.807) is 19.9 Å². The van der Waals surface area contributed by atoms with Crippen molar-refractivity contribution in [1.82, 2.24) is 9.78 Å². The van der Waals surface area contributed by atoms with Gasteiger partial charge in [-0.1, -0.05) is 55.6 Å². The molecule has 248 valence electrons. The average molecular weight is 699 g/mol. The van der Waals surface area contributed by atoms with Gasteiger partial charge in [0.05, 0.1) is 38.7 Å². The van der Waals surface area contributed by atoms with Gasteiger partial charge in [0.15, 0.2) is 5.76 Å². The molecule has 2 aromatic carbocycles. The zero-order valence-electron chi connectivity index (χ0n) is 26.5. The fourth-order valence-corrected chi connectivity index (χ4v) is 5.31. The number of anilines is 1. The van der Waals surface area contributed by atoms with E-state index in [0.29, 0.717) is 32.8 Å². The average Bonchev–Trinajstić information content (AvgIpc) is 3.67. The van der Waals surface area contributed by atoms with Crippen LogP contribution in [0, 0.1) is 5.82 Å². The van der Waals surface area contributed by atoms with Crippen LogP contribution in [0.1, 0.15) is 80.0 Å². The maximum atomic E-state index is 14.3. The minimum atomic E-state index is -0.941. The van der Waals surface area contributed by atoms with E-state index in [1.807, 2.05) is 34.6 Å². The SMILES string of the molecule is CC(C)=C1OC(=O)N(c2cc(OC3CCCC3)c(Cl)cc2F)C1=O.CC(C)Oc1cc(-n2nc(C(C)(C)C)oc2=O)c(Cl)cc1Cl. The molecule has 0 unspecified atom stereocenters. The number of allylic oxidation sites excluding steroid dienone is 1. The molecule has 10 nitrogen and oxygen atoms in total. The standard InChI is InChI=1S/C17H17ClFNO4.C15H18Cl2N2O3/c1-9(2)15-16(21)20(17(22)24-15)13-8-14(11(18)7-12(13)19)23-10-5-3-4-6-10;1-8(2)21-12-7-11(9(16)6-10(12)17)19-14(20)22-13(18-19)15(3,4)5/h7-8,10H,3-6H2,1-2H3;6-8H,1-5H3. The van der Waals surface area contributed by atoms with Gasteiger partial charge in [-0.2, -0.15) is 4.68 Å². The van der Waals surface area contributed by atoms with Crippen LogP contribution in [0.5, 0.6) is 11.5 Å². The second kappa shape index (κ2) is 14.1. The van der Waals surface area contributed by atoms with Crippen molar-refractivity contribution < 1.29 is 32.6 Å². The van der Waals surface area contributed by atoms with Gasteiger partial charge in [0, 0.05) is 17.5 Å². The molecule has 0 spiro atoms. The predicted molar refractivity (Wildman–Crippen MR) is 173 cm³/mol. The Balaban J connectivity index is 0.000000210. The molecule has 2 aliphatic rings. The van der Waals surface area contributed by atoms with Crippen molar-refractivity contribution in [3.05, 3.63) is 72.9 Å². The summed E-state index contributed by atoms with van der Waals surface area (Å²) in [7, 11) is 0. The van der Waals surface area contributed by atoms with Crippen LogP contribution >= 0.6 is 34.8 Å². The molecule has 0 radical (unpaired) electrons. The highest BCUT2D eigenvalue weighted by Crippen LogP contribution is 2.38. The molecule has 2 fully saturated rings. The molecule has 5 rings (SSSR count). The highest BCUT2D eigenvalue weighted by Gasteiger charge is 2.40. The molecule has 0 bridgehead atoms. The number of benzene rings is 2. The molecule has 1 saturated carbocycles. The molecular formula is C32H35Cl3FN3O7. The van der Waals surface area contributed by atoms with Crippen molar-refractivity contribution in [1.29, 1.82) is 0 Å². The van der Waals surface area contributed by atoms with Crippen LogP contribution < -0.4 is 20.1 Å². The van der Waals surface area contributed by atoms with Gasteiger partial charge in [-0.15, -0.1) is 5.10 Å². The van der Waals surface area contributed by atoms with Crippen molar-refractivity contribution in [3.8, 4) is 17.2 Å². The molecule has 2 amide bonds. The van der Waals surface area contributed by atoms with E-state index in [0.717, 1.165) is 36.4 Å². The van der Waals surface area contributed by atoms with Crippen molar-refractivity contribution in [2.24, 2.45) is 0 Å². The highest BCUT2D eigenvalue weighted by atomic mass is 35.5. The number of aromatic nitrogens is 2. The summed E-state index contributed by atoms with van der Waals surface area (Å²) in [6.07, 6.45) is 2.94. The quantitative estimate of drug-likeness (QED) is 0.235. The number of ether oxygens (including phenoxy) is 3. The summed E-state index contributed by atoms with van der Waals surface area (Å²) >= 11 is 18.3. The summed E-state index contributed by atoms with van der Waals surface area (Å²) in [5, 5.41) is 4.98. The van der Waals surface area contributed by atoms with Gasteiger partial charge in [-0.3, -0.25) is 4.79 Å². The maximum Gasteiger partial charge on any atom is 0.442 e. The summed E-state index contributed by atoms with van der Waals surface area (Å²) < 4.78 is 37.0. The third kappa shape index (κ3) is 7.87. The number of carbonyl (C=O) groups excluding carboxylic acids is 2. The third-order valence-electron chi connectivity index (χ3n) is 6.84. The molecule has 1 aromatic heterocycles. The minimum absolute atomic E-state index is 0.00962. The summed E-state index contributed by atoms with van der Waals surface area (Å²) in [5.74, 6) is -1.17. The Morgan fingerprint density at radius 2 is 1.57 bits per heavy atom. The van der Waals surface area contributed by atoms with E-state index in [1.165, 1.54) is 12.1 Å². The zero-order chi connectivity index (χ0) is 34.1. The van der Waals surface area contributed by atoms with E-state index in [2.05, 4.69) is 5.10 Å². The first kappa shape index (κ1) is 35.3. The normalized spacial score (nSPS) is 15.3. The van der Waals surface area contributed by atoms with Gasteiger partial charge in [0.2, 0.25) is 5.89 Å². The number of hydrogen-bond donors (Lipinski definition) is 0. The molecular weight excluding hydrogens is 664 g/mol. The molecule has 1 saturated heterocycles. The first-order chi connectivity index (χ1) is 21.5. The lowest BCUT2D eigenvalue weighted by Crippen LogP contribution is -2.29. The molecule has 14 heteroatoms. The van der Waals surface area contributed by atoms with Gasteiger partial charge in [-0.05, 0) is 71.1 Å². The molecule has 0 N–H and O–H groups in total. The summed E-state index contributed by atoms with van der Waals surface area (Å²) in [6.45, 7) is 12.7. The van der Waals surface area contributed by atoms with Crippen LogP contribution in [0.25, 0.3) is 5.69 Å². The molecule has 46 heavy (non-hydrogen) atoms. The second-order valence-corrected chi connectivity index (χ2v) is 13.6. The number of amides is 2. The first-order valence-electron chi connectivity index (χ1n) is 14.6.